The molecule has 0 bridgehead atoms. The average Bonchev–Trinajstić information content (AvgIpc) is 2.86. The molecule has 1 saturated heterocycles. The number of anilines is 1. The Balaban J connectivity index is 0.000000847. The number of imide groups is 1. The first-order valence-electron chi connectivity index (χ1n) is 7.79. The topological polar surface area (TPSA) is 75.3 Å². The Hall–Kier alpha value is -2.17. The van der Waals surface area contributed by atoms with E-state index in [1.165, 1.54) is 0 Å². The van der Waals surface area contributed by atoms with Crippen LogP contribution in [0.25, 0.3) is 0 Å². The zero-order chi connectivity index (χ0) is 16.3. The van der Waals surface area contributed by atoms with E-state index in [4.69, 9.17) is 0 Å². The summed E-state index contributed by atoms with van der Waals surface area (Å²) in [6, 6.07) is 5.58. The molecule has 1 aromatic carbocycles. The molecule has 2 N–H and O–H groups in total. The maximum absolute atomic E-state index is 12.5. The van der Waals surface area contributed by atoms with Crippen molar-refractivity contribution in [1.29, 1.82) is 0 Å². The van der Waals surface area contributed by atoms with Crippen molar-refractivity contribution in [2.45, 2.75) is 33.1 Å². The van der Waals surface area contributed by atoms with Gasteiger partial charge in [0.25, 0.3) is 0 Å². The lowest BCUT2D eigenvalue weighted by atomic mass is 9.83. The van der Waals surface area contributed by atoms with Crippen LogP contribution in [0.4, 0.5) is 5.69 Å². The van der Waals surface area contributed by atoms with E-state index in [1.54, 1.807) is 0 Å². The fraction of sp³-hybridized carbons (Fsp3) is 0.471. The second-order valence-corrected chi connectivity index (χ2v) is 5.31. The van der Waals surface area contributed by atoms with Gasteiger partial charge in [-0.3, -0.25) is 19.7 Å². The predicted molar refractivity (Wildman–Crippen MR) is 84.7 cm³/mol. The van der Waals surface area contributed by atoms with Crippen LogP contribution in [0.1, 0.15) is 42.6 Å². The number of carbonyl (C=O) groups excluding carboxylic acids is 3. The molecule has 2 aliphatic rings. The summed E-state index contributed by atoms with van der Waals surface area (Å²) in [5, 5.41) is 5.42. The molecule has 2 unspecified atom stereocenters. The largest absolute Gasteiger partial charge is 0.388 e. The number of hydrogen-bond acceptors (Lipinski definition) is 4. The van der Waals surface area contributed by atoms with Crippen LogP contribution in [-0.2, 0) is 16.0 Å². The van der Waals surface area contributed by atoms with E-state index in [0.29, 0.717) is 24.8 Å². The molecular weight excluding hydrogens is 280 g/mol. The summed E-state index contributed by atoms with van der Waals surface area (Å²) in [7, 11) is 1.82. The number of rotatable bonds is 2. The summed E-state index contributed by atoms with van der Waals surface area (Å²) in [6.07, 6.45) is 1.34. The van der Waals surface area contributed by atoms with E-state index in [1.807, 2.05) is 39.1 Å². The summed E-state index contributed by atoms with van der Waals surface area (Å²) >= 11 is 0. The third kappa shape index (κ3) is 2.75. The summed E-state index contributed by atoms with van der Waals surface area (Å²) in [4.78, 5) is 35.6. The van der Waals surface area contributed by atoms with Crippen LogP contribution in [0.3, 0.4) is 0 Å². The number of nitrogens with one attached hydrogen (secondary N) is 2. The van der Waals surface area contributed by atoms with Gasteiger partial charge in [-0.1, -0.05) is 26.0 Å². The lowest BCUT2D eigenvalue weighted by Gasteiger charge is -2.24. The van der Waals surface area contributed by atoms with Crippen LogP contribution in [0.15, 0.2) is 18.2 Å². The summed E-state index contributed by atoms with van der Waals surface area (Å²) < 4.78 is 0. The second kappa shape index (κ2) is 6.73. The molecule has 22 heavy (non-hydrogen) atoms. The van der Waals surface area contributed by atoms with Gasteiger partial charge in [0.05, 0.1) is 0 Å². The molecule has 3 rings (SSSR count). The molecule has 5 heteroatoms. The van der Waals surface area contributed by atoms with Gasteiger partial charge in [-0.15, -0.1) is 0 Å². The Bertz CT molecular complexity index is 610. The Kier molecular flexibility index (Phi) is 4.96. The standard InChI is InChI=1S/C15H16N2O3.C2H6/c1-16-12-4-2-3-8-10(12)7-11(14(8)19)9-5-6-13(18)17-15(9)20;1-2/h2-4,9,11,16H,5-7H2,1H3,(H,17,18,20);1-2H3. The van der Waals surface area contributed by atoms with Gasteiger partial charge >= 0.3 is 0 Å². The van der Waals surface area contributed by atoms with Crippen molar-refractivity contribution in [2.75, 3.05) is 12.4 Å². The van der Waals surface area contributed by atoms with E-state index in [0.717, 1.165) is 11.3 Å². The maximum atomic E-state index is 12.5. The molecule has 2 amide bonds. The first-order valence-corrected chi connectivity index (χ1v) is 7.79. The number of benzene rings is 1. The maximum Gasteiger partial charge on any atom is 0.230 e. The van der Waals surface area contributed by atoms with Crippen molar-refractivity contribution >= 4 is 23.3 Å². The minimum Gasteiger partial charge on any atom is -0.388 e. The number of amides is 2. The van der Waals surface area contributed by atoms with Gasteiger partial charge in [0.15, 0.2) is 5.78 Å². The number of hydrogen-bond donors (Lipinski definition) is 2. The third-order valence-corrected chi connectivity index (χ3v) is 4.24. The van der Waals surface area contributed by atoms with Gasteiger partial charge in [0.2, 0.25) is 11.8 Å². The van der Waals surface area contributed by atoms with Crippen LogP contribution in [0.5, 0.6) is 0 Å². The Morgan fingerprint density at radius 3 is 2.50 bits per heavy atom. The van der Waals surface area contributed by atoms with E-state index in [9.17, 15) is 14.4 Å². The van der Waals surface area contributed by atoms with Gasteiger partial charge in [0.1, 0.15) is 0 Å². The predicted octanol–water partition coefficient (Wildman–Crippen LogP) is 2.16. The van der Waals surface area contributed by atoms with Crippen LogP contribution in [0.2, 0.25) is 0 Å². The fourth-order valence-corrected chi connectivity index (χ4v) is 3.20. The summed E-state index contributed by atoms with van der Waals surface area (Å²) in [5.74, 6) is -1.26. The van der Waals surface area contributed by atoms with E-state index < -0.39 is 5.92 Å². The highest BCUT2D eigenvalue weighted by Gasteiger charge is 2.42. The molecule has 1 heterocycles. The van der Waals surface area contributed by atoms with Crippen LogP contribution < -0.4 is 10.6 Å². The second-order valence-electron chi connectivity index (χ2n) is 5.31. The molecule has 118 valence electrons. The molecule has 1 aliphatic carbocycles. The van der Waals surface area contributed by atoms with Crippen molar-refractivity contribution in [3.63, 3.8) is 0 Å². The first-order chi connectivity index (χ1) is 10.6. The van der Waals surface area contributed by atoms with Crippen molar-refractivity contribution < 1.29 is 14.4 Å². The third-order valence-electron chi connectivity index (χ3n) is 4.24. The lowest BCUT2D eigenvalue weighted by Crippen LogP contribution is -2.44. The summed E-state index contributed by atoms with van der Waals surface area (Å²) in [5.41, 5.74) is 2.62. The monoisotopic (exact) mass is 302 g/mol. The molecule has 2 atom stereocenters. The number of ketones is 1. The van der Waals surface area contributed by atoms with E-state index in [-0.39, 0.29) is 23.5 Å². The van der Waals surface area contributed by atoms with Gasteiger partial charge in [-0.05, 0) is 24.5 Å². The smallest absolute Gasteiger partial charge is 0.230 e. The Morgan fingerprint density at radius 2 is 1.86 bits per heavy atom. The van der Waals surface area contributed by atoms with Gasteiger partial charge < -0.3 is 5.32 Å². The summed E-state index contributed by atoms with van der Waals surface area (Å²) in [6.45, 7) is 4.00. The zero-order valence-electron chi connectivity index (χ0n) is 13.2. The van der Waals surface area contributed by atoms with Crippen LogP contribution in [0, 0.1) is 11.8 Å². The van der Waals surface area contributed by atoms with Crippen molar-refractivity contribution in [2.24, 2.45) is 11.8 Å². The lowest BCUT2D eigenvalue weighted by molar-refractivity contribution is -0.137. The number of carbonyl (C=O) groups is 3. The normalized spacial score (nSPS) is 23.3. The molecule has 0 spiro atoms. The quantitative estimate of drug-likeness (QED) is 0.821. The number of fused-ring (bicyclic) bond motifs is 1. The van der Waals surface area contributed by atoms with Gasteiger partial charge in [-0.2, -0.15) is 0 Å². The highest BCUT2D eigenvalue weighted by Crippen LogP contribution is 2.38. The molecule has 1 aromatic rings. The molecule has 0 aromatic heterocycles. The highest BCUT2D eigenvalue weighted by atomic mass is 16.2. The Labute approximate surface area is 130 Å². The zero-order valence-corrected chi connectivity index (χ0v) is 13.2. The average molecular weight is 302 g/mol. The van der Waals surface area contributed by atoms with Gasteiger partial charge in [-0.25, -0.2) is 0 Å². The van der Waals surface area contributed by atoms with Crippen LogP contribution >= 0.6 is 0 Å². The van der Waals surface area contributed by atoms with E-state index in [2.05, 4.69) is 10.6 Å². The van der Waals surface area contributed by atoms with Crippen molar-refractivity contribution in [3.05, 3.63) is 29.3 Å². The number of piperidine rings is 1. The fourth-order valence-electron chi connectivity index (χ4n) is 3.20. The van der Waals surface area contributed by atoms with Crippen molar-refractivity contribution in [1.82, 2.24) is 5.32 Å². The van der Waals surface area contributed by atoms with Gasteiger partial charge in [0, 0.05) is 36.6 Å². The SMILES string of the molecule is CC.CNc1cccc2c1CC(C1CCC(=O)NC1=O)C2=O. The minimum atomic E-state index is -0.391. The molecule has 1 aliphatic heterocycles. The molecule has 0 radical (unpaired) electrons. The minimum absolute atomic E-state index is 0.0200. The highest BCUT2D eigenvalue weighted by molar-refractivity contribution is 6.07. The van der Waals surface area contributed by atoms with E-state index >= 15 is 0 Å². The first kappa shape index (κ1) is 16.2. The van der Waals surface area contributed by atoms with Crippen molar-refractivity contribution in [3.8, 4) is 0 Å². The molecule has 0 saturated carbocycles. The Morgan fingerprint density at radius 1 is 1.14 bits per heavy atom. The number of Topliss-reactive ketones (excluding diaryl/α,β-unsaturated/α-hetero) is 1. The molecule has 5 nitrogen and oxygen atoms in total. The molecule has 1 fully saturated rings. The van der Waals surface area contributed by atoms with Crippen LogP contribution in [-0.4, -0.2) is 24.6 Å². The molecular formula is C17H22N2O3.